The number of aryl methyl sites for hydroxylation is 9. The van der Waals surface area contributed by atoms with Gasteiger partial charge in [-0.3, -0.25) is 0 Å². The lowest BCUT2D eigenvalue weighted by Gasteiger charge is -2.15. The van der Waals surface area contributed by atoms with Gasteiger partial charge in [0.1, 0.15) is 0 Å². The molecule has 0 spiro atoms. The topological polar surface area (TPSA) is 9.86 Å². The summed E-state index contributed by atoms with van der Waals surface area (Å²) >= 11 is 0. The van der Waals surface area contributed by atoms with Crippen LogP contribution < -0.4 is 0 Å². The van der Waals surface area contributed by atoms with E-state index in [2.05, 4.69) is 183 Å². The first-order chi connectivity index (χ1) is 27.8. The van der Waals surface area contributed by atoms with Crippen molar-refractivity contribution in [1.82, 2.24) is 9.13 Å². The standard InChI is InChI=1S/C55H54N2/c1-37-14-20-42(21-15-37)10-6-8-12-44-24-28-54-50(34-44)48-32-39(3)18-26-52(48)56(54)46-30-41(5)31-47(36-46)57-53-27-19-40(4)33-49(53)51-35-45(25-29-55(51)57)13-9-7-11-43-22-16-38(2)17-23-43/h14-36H,6-13H2,1-5H3. The largest absolute Gasteiger partial charge is 0.309 e. The molecule has 57 heavy (non-hydrogen) atoms. The molecule has 0 aliphatic rings. The maximum atomic E-state index is 2.49. The number of hydrogen-bond donors (Lipinski definition) is 0. The highest BCUT2D eigenvalue weighted by Crippen LogP contribution is 2.37. The van der Waals surface area contributed by atoms with Gasteiger partial charge in [-0.2, -0.15) is 0 Å². The lowest BCUT2D eigenvalue weighted by molar-refractivity contribution is 0.735. The monoisotopic (exact) mass is 742 g/mol. The van der Waals surface area contributed by atoms with E-state index in [-0.39, 0.29) is 0 Å². The van der Waals surface area contributed by atoms with Crippen molar-refractivity contribution in [2.24, 2.45) is 0 Å². The van der Waals surface area contributed by atoms with Crippen molar-refractivity contribution in [3.63, 3.8) is 0 Å². The van der Waals surface area contributed by atoms with Crippen LogP contribution in [0, 0.1) is 34.6 Å². The highest BCUT2D eigenvalue weighted by Gasteiger charge is 2.18. The first-order valence-electron chi connectivity index (χ1n) is 21.1. The minimum absolute atomic E-state index is 1.09. The van der Waals surface area contributed by atoms with E-state index in [1.807, 2.05) is 0 Å². The summed E-state index contributed by atoms with van der Waals surface area (Å²) in [5.74, 6) is 0. The summed E-state index contributed by atoms with van der Waals surface area (Å²) in [6, 6.07) is 53.5. The van der Waals surface area contributed by atoms with Gasteiger partial charge in [-0.25, -0.2) is 0 Å². The number of hydrogen-bond acceptors (Lipinski definition) is 0. The molecule has 284 valence electrons. The fraction of sp³-hybridized carbons (Fsp3) is 0.236. The third-order valence-corrected chi connectivity index (χ3v) is 12.1. The molecule has 0 saturated carbocycles. The van der Waals surface area contributed by atoms with Gasteiger partial charge in [-0.05, 0) is 181 Å². The van der Waals surface area contributed by atoms with Gasteiger partial charge >= 0.3 is 0 Å². The SMILES string of the molecule is Cc1ccc(CCCCc2ccc3c(c2)c2cc(C)ccc2n3-c2cc(C)cc(-n3c4ccc(C)cc4c4cc(CCCCc5ccc(C)cc5)ccc43)c2)cc1. The molecule has 0 aliphatic carbocycles. The molecular weight excluding hydrogens is 689 g/mol. The second-order valence-corrected chi connectivity index (χ2v) is 16.8. The molecule has 9 aromatic rings. The van der Waals surface area contributed by atoms with E-state index in [4.69, 9.17) is 0 Å². The molecule has 0 radical (unpaired) electrons. The Bertz CT molecular complexity index is 2680. The van der Waals surface area contributed by atoms with Gasteiger partial charge in [-0.1, -0.05) is 95.1 Å². The number of aromatic nitrogens is 2. The third-order valence-electron chi connectivity index (χ3n) is 12.1. The van der Waals surface area contributed by atoms with Crippen LogP contribution in [-0.2, 0) is 25.7 Å². The fourth-order valence-electron chi connectivity index (χ4n) is 9.06. The van der Waals surface area contributed by atoms with Gasteiger partial charge < -0.3 is 9.13 Å². The number of fused-ring (bicyclic) bond motifs is 6. The van der Waals surface area contributed by atoms with E-state index in [0.717, 1.165) is 25.7 Å². The minimum Gasteiger partial charge on any atom is -0.309 e. The van der Waals surface area contributed by atoms with Crippen molar-refractivity contribution in [3.05, 3.63) is 190 Å². The molecule has 9 rings (SSSR count). The van der Waals surface area contributed by atoms with Crippen molar-refractivity contribution in [1.29, 1.82) is 0 Å². The van der Waals surface area contributed by atoms with E-state index >= 15 is 0 Å². The van der Waals surface area contributed by atoms with Crippen LogP contribution in [0.3, 0.4) is 0 Å². The maximum absolute atomic E-state index is 2.49. The van der Waals surface area contributed by atoms with Crippen molar-refractivity contribution in [2.75, 3.05) is 0 Å². The quantitative estimate of drug-likeness (QED) is 0.110. The molecular formula is C55H54N2. The van der Waals surface area contributed by atoms with Crippen LogP contribution >= 0.6 is 0 Å². The Morgan fingerprint density at radius 2 is 0.596 bits per heavy atom. The van der Waals surface area contributed by atoms with Gasteiger partial charge in [0.25, 0.3) is 0 Å². The summed E-state index contributed by atoms with van der Waals surface area (Å²) in [5.41, 5.74) is 19.7. The van der Waals surface area contributed by atoms with E-state index in [9.17, 15) is 0 Å². The van der Waals surface area contributed by atoms with Gasteiger partial charge in [0.05, 0.1) is 22.1 Å². The number of rotatable bonds is 12. The van der Waals surface area contributed by atoms with Gasteiger partial charge in [0, 0.05) is 32.9 Å². The molecule has 2 heterocycles. The molecule has 2 heteroatoms. The van der Waals surface area contributed by atoms with Crippen molar-refractivity contribution < 1.29 is 0 Å². The Hall–Kier alpha value is -5.86. The van der Waals surface area contributed by atoms with Gasteiger partial charge in [0.15, 0.2) is 0 Å². The third kappa shape index (κ3) is 7.54. The first kappa shape index (κ1) is 36.8. The highest BCUT2D eigenvalue weighted by molar-refractivity contribution is 6.11. The molecule has 2 nitrogen and oxygen atoms in total. The summed E-state index contributed by atoms with van der Waals surface area (Å²) in [6.45, 7) is 11.0. The van der Waals surface area contributed by atoms with Crippen LogP contribution in [0.1, 0.15) is 75.8 Å². The maximum Gasteiger partial charge on any atom is 0.0541 e. The molecule has 7 aromatic carbocycles. The molecule has 0 unspecified atom stereocenters. The predicted octanol–water partition coefficient (Wildman–Crippen LogP) is 14.6. The van der Waals surface area contributed by atoms with Crippen LogP contribution in [0.25, 0.3) is 55.0 Å². The van der Waals surface area contributed by atoms with Crippen LogP contribution in [0.4, 0.5) is 0 Å². The van der Waals surface area contributed by atoms with Crippen molar-refractivity contribution >= 4 is 43.6 Å². The summed E-state index contributed by atoms with van der Waals surface area (Å²) in [6.07, 6.45) is 9.24. The zero-order chi connectivity index (χ0) is 39.0. The zero-order valence-corrected chi connectivity index (χ0v) is 34.3. The minimum atomic E-state index is 1.09. The Kier molecular flexibility index (Phi) is 10.1. The lowest BCUT2D eigenvalue weighted by Crippen LogP contribution is -2.00. The predicted molar refractivity (Wildman–Crippen MR) is 245 cm³/mol. The summed E-state index contributed by atoms with van der Waals surface area (Å²) in [5, 5.41) is 5.33. The van der Waals surface area contributed by atoms with Crippen molar-refractivity contribution in [2.45, 2.75) is 86.0 Å². The Labute approximate surface area is 338 Å². The number of unbranched alkanes of at least 4 members (excludes halogenated alkanes) is 2. The van der Waals surface area contributed by atoms with E-state index in [1.165, 1.54) is 131 Å². The zero-order valence-electron chi connectivity index (χ0n) is 34.3. The molecule has 0 saturated heterocycles. The normalized spacial score (nSPS) is 11.8. The van der Waals surface area contributed by atoms with Crippen LogP contribution in [-0.4, -0.2) is 9.13 Å². The summed E-state index contributed by atoms with van der Waals surface area (Å²) < 4.78 is 4.99. The van der Waals surface area contributed by atoms with Crippen LogP contribution in [0.5, 0.6) is 0 Å². The molecule has 0 bridgehead atoms. The van der Waals surface area contributed by atoms with Gasteiger partial charge in [0.2, 0.25) is 0 Å². The number of benzene rings is 7. The van der Waals surface area contributed by atoms with E-state index in [1.54, 1.807) is 0 Å². The van der Waals surface area contributed by atoms with Crippen LogP contribution in [0.2, 0.25) is 0 Å². The van der Waals surface area contributed by atoms with E-state index in [0.29, 0.717) is 0 Å². The summed E-state index contributed by atoms with van der Waals surface area (Å²) in [4.78, 5) is 0. The first-order valence-corrected chi connectivity index (χ1v) is 21.1. The Morgan fingerprint density at radius 3 is 1.00 bits per heavy atom. The second-order valence-electron chi connectivity index (χ2n) is 16.8. The fourth-order valence-corrected chi connectivity index (χ4v) is 9.06. The average Bonchev–Trinajstić information content (AvgIpc) is 3.70. The van der Waals surface area contributed by atoms with E-state index < -0.39 is 0 Å². The molecule has 0 N–H and O–H groups in total. The molecule has 2 aromatic heterocycles. The highest BCUT2D eigenvalue weighted by atomic mass is 15.0. The lowest BCUT2D eigenvalue weighted by atomic mass is 10.0. The van der Waals surface area contributed by atoms with Crippen molar-refractivity contribution in [3.8, 4) is 11.4 Å². The smallest absolute Gasteiger partial charge is 0.0541 e. The molecule has 0 amide bonds. The number of nitrogens with zero attached hydrogens (tertiary/aromatic N) is 2. The Balaban J connectivity index is 1.05. The molecule has 0 atom stereocenters. The van der Waals surface area contributed by atoms with Gasteiger partial charge in [-0.15, -0.1) is 0 Å². The summed E-state index contributed by atoms with van der Waals surface area (Å²) in [7, 11) is 0. The van der Waals surface area contributed by atoms with Crippen LogP contribution in [0.15, 0.2) is 140 Å². The Morgan fingerprint density at radius 1 is 0.281 bits per heavy atom. The second kappa shape index (κ2) is 15.6. The average molecular weight is 743 g/mol. The molecule has 0 aliphatic heterocycles. The molecule has 0 fully saturated rings.